The quantitative estimate of drug-likeness (QED) is 0.485. The highest BCUT2D eigenvalue weighted by atomic mass is 16.5. The van der Waals surface area contributed by atoms with Crippen LogP contribution >= 0.6 is 0 Å². The van der Waals surface area contributed by atoms with Crippen LogP contribution in [-0.2, 0) is 9.53 Å². The summed E-state index contributed by atoms with van der Waals surface area (Å²) in [6.45, 7) is 5.02. The van der Waals surface area contributed by atoms with Crippen molar-refractivity contribution in [3.05, 3.63) is 0 Å². The molecule has 0 aromatic carbocycles. The van der Waals surface area contributed by atoms with E-state index in [-0.39, 0.29) is 11.9 Å². The van der Waals surface area contributed by atoms with Gasteiger partial charge in [-0.2, -0.15) is 0 Å². The Hall–Kier alpha value is -0.530. The first-order chi connectivity index (χ1) is 6.25. The van der Waals surface area contributed by atoms with Gasteiger partial charge in [-0.3, -0.25) is 4.79 Å². The number of cyclic esters (lactones) is 1. The molecule has 2 unspecified atom stereocenters. The van der Waals surface area contributed by atoms with Crippen LogP contribution in [-0.4, -0.2) is 12.6 Å². The number of unbranched alkanes of at least 4 members (excludes halogenated alkanes) is 2. The third kappa shape index (κ3) is 3.02. The van der Waals surface area contributed by atoms with E-state index in [0.29, 0.717) is 12.5 Å². The van der Waals surface area contributed by atoms with E-state index < -0.39 is 0 Å². The molecular formula is C11H20O2. The molecule has 0 spiro atoms. The van der Waals surface area contributed by atoms with Crippen molar-refractivity contribution < 1.29 is 9.53 Å². The van der Waals surface area contributed by atoms with Gasteiger partial charge in [0.25, 0.3) is 0 Å². The molecule has 1 rings (SSSR count). The van der Waals surface area contributed by atoms with Gasteiger partial charge in [-0.25, -0.2) is 0 Å². The van der Waals surface area contributed by atoms with E-state index in [1.54, 1.807) is 0 Å². The first-order valence-corrected chi connectivity index (χ1v) is 5.42. The molecule has 0 radical (unpaired) electrons. The summed E-state index contributed by atoms with van der Waals surface area (Å²) in [6.07, 6.45) is 5.90. The van der Waals surface area contributed by atoms with Crippen LogP contribution in [0.15, 0.2) is 0 Å². The minimum absolute atomic E-state index is 0.0315. The summed E-state index contributed by atoms with van der Waals surface area (Å²) in [5.74, 6) is 0.738. The maximum atomic E-state index is 11.2. The second-order valence-corrected chi connectivity index (χ2v) is 4.04. The molecule has 0 aromatic heterocycles. The van der Waals surface area contributed by atoms with Gasteiger partial charge < -0.3 is 4.74 Å². The van der Waals surface area contributed by atoms with Crippen LogP contribution in [0.3, 0.4) is 0 Å². The minimum atomic E-state index is 0.0315. The minimum Gasteiger partial charge on any atom is -0.465 e. The van der Waals surface area contributed by atoms with E-state index >= 15 is 0 Å². The van der Waals surface area contributed by atoms with Crippen LogP contribution in [0.2, 0.25) is 0 Å². The first-order valence-electron chi connectivity index (χ1n) is 5.42. The van der Waals surface area contributed by atoms with Crippen LogP contribution in [0.5, 0.6) is 0 Å². The Balaban J connectivity index is 2.22. The molecule has 0 bridgehead atoms. The maximum absolute atomic E-state index is 11.2. The predicted octanol–water partition coefficient (Wildman–Crippen LogP) is 2.77. The second-order valence-electron chi connectivity index (χ2n) is 4.04. The Bertz CT molecular complexity index is 165. The largest absolute Gasteiger partial charge is 0.465 e. The van der Waals surface area contributed by atoms with Gasteiger partial charge in [0.2, 0.25) is 0 Å². The lowest BCUT2D eigenvalue weighted by atomic mass is 9.88. The number of hydrogen-bond acceptors (Lipinski definition) is 2. The Morgan fingerprint density at radius 3 is 2.85 bits per heavy atom. The van der Waals surface area contributed by atoms with Crippen LogP contribution in [0.4, 0.5) is 0 Å². The van der Waals surface area contributed by atoms with E-state index in [9.17, 15) is 4.79 Å². The molecule has 13 heavy (non-hydrogen) atoms. The summed E-state index contributed by atoms with van der Waals surface area (Å²) in [7, 11) is 0. The van der Waals surface area contributed by atoms with Crippen molar-refractivity contribution in [1.29, 1.82) is 0 Å². The number of hydrogen-bond donors (Lipinski definition) is 0. The van der Waals surface area contributed by atoms with Crippen LogP contribution in [0.25, 0.3) is 0 Å². The molecular weight excluding hydrogens is 164 g/mol. The fourth-order valence-electron chi connectivity index (χ4n) is 1.95. The third-order valence-corrected chi connectivity index (χ3v) is 2.93. The van der Waals surface area contributed by atoms with Crippen LogP contribution in [0.1, 0.15) is 46.0 Å². The van der Waals surface area contributed by atoms with Gasteiger partial charge in [-0.1, -0.05) is 33.1 Å². The van der Waals surface area contributed by atoms with Gasteiger partial charge >= 0.3 is 5.97 Å². The molecule has 0 saturated carbocycles. The summed E-state index contributed by atoms with van der Waals surface area (Å²) >= 11 is 0. The fraction of sp³-hybridized carbons (Fsp3) is 0.909. The van der Waals surface area contributed by atoms with Gasteiger partial charge in [0.05, 0.1) is 12.5 Å². The van der Waals surface area contributed by atoms with Crippen molar-refractivity contribution in [2.45, 2.75) is 46.0 Å². The highest BCUT2D eigenvalue weighted by molar-refractivity contribution is 5.74. The number of rotatable bonds is 5. The number of esters is 1. The average Bonchev–Trinajstić information content (AvgIpc) is 2.52. The molecule has 1 aliphatic heterocycles. The first kappa shape index (κ1) is 10.6. The Morgan fingerprint density at radius 1 is 1.54 bits per heavy atom. The Labute approximate surface area is 80.7 Å². The van der Waals surface area contributed by atoms with E-state index in [1.165, 1.54) is 25.7 Å². The van der Waals surface area contributed by atoms with Crippen molar-refractivity contribution >= 4 is 5.97 Å². The van der Waals surface area contributed by atoms with Gasteiger partial charge in [0.1, 0.15) is 0 Å². The lowest BCUT2D eigenvalue weighted by Crippen LogP contribution is -2.16. The SMILES string of the molecule is CCCCCC(C)C1CCOC1=O. The van der Waals surface area contributed by atoms with Crippen molar-refractivity contribution in [2.24, 2.45) is 11.8 Å². The number of carbonyl (C=O) groups is 1. The topological polar surface area (TPSA) is 26.3 Å². The molecule has 0 N–H and O–H groups in total. The fourth-order valence-corrected chi connectivity index (χ4v) is 1.95. The van der Waals surface area contributed by atoms with Crippen LogP contribution in [0, 0.1) is 11.8 Å². The molecule has 76 valence electrons. The highest BCUT2D eigenvalue weighted by Crippen LogP contribution is 2.26. The summed E-state index contributed by atoms with van der Waals surface area (Å²) in [4.78, 5) is 11.2. The molecule has 1 aliphatic rings. The molecule has 0 amide bonds. The van der Waals surface area contributed by atoms with Crippen molar-refractivity contribution in [2.75, 3.05) is 6.61 Å². The van der Waals surface area contributed by atoms with Crippen molar-refractivity contribution in [3.63, 3.8) is 0 Å². The summed E-state index contributed by atoms with van der Waals surface area (Å²) in [6, 6.07) is 0. The lowest BCUT2D eigenvalue weighted by Gasteiger charge is -2.14. The average molecular weight is 184 g/mol. The van der Waals surface area contributed by atoms with E-state index in [2.05, 4.69) is 13.8 Å². The maximum Gasteiger partial charge on any atom is 0.309 e. The van der Waals surface area contributed by atoms with Crippen molar-refractivity contribution in [1.82, 2.24) is 0 Å². The normalized spacial score (nSPS) is 24.5. The monoisotopic (exact) mass is 184 g/mol. The number of carbonyl (C=O) groups excluding carboxylic acids is 1. The van der Waals surface area contributed by atoms with Gasteiger partial charge in [0.15, 0.2) is 0 Å². The molecule has 2 heteroatoms. The Kier molecular flexibility index (Phi) is 4.26. The summed E-state index contributed by atoms with van der Waals surface area (Å²) < 4.78 is 4.95. The third-order valence-electron chi connectivity index (χ3n) is 2.93. The van der Waals surface area contributed by atoms with E-state index in [1.807, 2.05) is 0 Å². The smallest absolute Gasteiger partial charge is 0.309 e. The van der Waals surface area contributed by atoms with Gasteiger partial charge in [-0.05, 0) is 18.8 Å². The molecule has 0 aromatic rings. The van der Waals surface area contributed by atoms with Crippen molar-refractivity contribution in [3.8, 4) is 0 Å². The summed E-state index contributed by atoms with van der Waals surface area (Å²) in [5, 5.41) is 0. The molecule has 2 atom stereocenters. The zero-order valence-corrected chi connectivity index (χ0v) is 8.71. The molecule has 2 nitrogen and oxygen atoms in total. The summed E-state index contributed by atoms with van der Waals surface area (Å²) in [5.41, 5.74) is 0. The van der Waals surface area contributed by atoms with Gasteiger partial charge in [-0.15, -0.1) is 0 Å². The molecule has 1 heterocycles. The predicted molar refractivity (Wildman–Crippen MR) is 52.4 cm³/mol. The molecule has 0 aliphatic carbocycles. The van der Waals surface area contributed by atoms with Gasteiger partial charge in [0, 0.05) is 0 Å². The van der Waals surface area contributed by atoms with E-state index in [4.69, 9.17) is 4.74 Å². The Morgan fingerprint density at radius 2 is 2.31 bits per heavy atom. The van der Waals surface area contributed by atoms with Crippen LogP contribution < -0.4 is 0 Å². The van der Waals surface area contributed by atoms with E-state index in [0.717, 1.165) is 6.42 Å². The molecule has 1 fully saturated rings. The standard InChI is InChI=1S/C11H20O2/c1-3-4-5-6-9(2)10-7-8-13-11(10)12/h9-10H,3-8H2,1-2H3. The highest BCUT2D eigenvalue weighted by Gasteiger charge is 2.30. The second kappa shape index (κ2) is 5.25. The molecule has 1 saturated heterocycles. The lowest BCUT2D eigenvalue weighted by molar-refractivity contribution is -0.142. The zero-order valence-electron chi connectivity index (χ0n) is 8.71. The zero-order chi connectivity index (χ0) is 9.68. The number of ether oxygens (including phenoxy) is 1.